The average Bonchev–Trinajstić information content (AvgIpc) is 2.71. The lowest BCUT2D eigenvalue weighted by Crippen LogP contribution is -2.13. The van der Waals surface area contributed by atoms with E-state index in [2.05, 4.69) is 30.3 Å². The fraction of sp³-hybridized carbons (Fsp3) is 0.727. The number of methoxy groups -OCH3 is 1. The summed E-state index contributed by atoms with van der Waals surface area (Å²) in [5.74, 6) is 0. The maximum absolute atomic E-state index is 5.05. The molecule has 1 N–H and O–H groups in total. The van der Waals surface area contributed by atoms with Gasteiger partial charge >= 0.3 is 0 Å². The molecule has 1 unspecified atom stereocenters. The molecule has 0 amide bonds. The molecule has 0 aromatic carbocycles. The van der Waals surface area contributed by atoms with Crippen LogP contribution < -0.4 is 5.32 Å². The van der Waals surface area contributed by atoms with Gasteiger partial charge in [-0.25, -0.2) is 0 Å². The van der Waals surface area contributed by atoms with Crippen LogP contribution in [0.3, 0.4) is 0 Å². The molecule has 15 heavy (non-hydrogen) atoms. The van der Waals surface area contributed by atoms with E-state index in [-0.39, 0.29) is 0 Å². The van der Waals surface area contributed by atoms with Crippen molar-refractivity contribution in [3.8, 4) is 0 Å². The van der Waals surface area contributed by atoms with Gasteiger partial charge in [-0.05, 0) is 26.0 Å². The fourth-order valence-corrected chi connectivity index (χ4v) is 1.39. The molecule has 0 fully saturated rings. The lowest BCUT2D eigenvalue weighted by atomic mass is 10.2. The molecule has 4 heteroatoms. The molecule has 1 aromatic rings. The zero-order chi connectivity index (χ0) is 11.1. The quantitative estimate of drug-likeness (QED) is 0.744. The molecule has 1 rings (SSSR count). The average molecular weight is 211 g/mol. The highest BCUT2D eigenvalue weighted by atomic mass is 16.5. The van der Waals surface area contributed by atoms with E-state index in [9.17, 15) is 0 Å². The van der Waals surface area contributed by atoms with Gasteiger partial charge in [0.25, 0.3) is 0 Å². The van der Waals surface area contributed by atoms with Crippen molar-refractivity contribution in [2.75, 3.05) is 20.3 Å². The monoisotopic (exact) mass is 211 g/mol. The van der Waals surface area contributed by atoms with E-state index >= 15 is 0 Å². The van der Waals surface area contributed by atoms with E-state index in [4.69, 9.17) is 4.74 Å². The van der Waals surface area contributed by atoms with Crippen molar-refractivity contribution in [3.05, 3.63) is 18.0 Å². The molecule has 86 valence electrons. The van der Waals surface area contributed by atoms with Crippen LogP contribution in [0.25, 0.3) is 0 Å². The minimum absolute atomic E-state index is 0.403. The molecule has 1 atom stereocenters. The lowest BCUT2D eigenvalue weighted by Gasteiger charge is -2.11. The smallest absolute Gasteiger partial charge is 0.0762 e. The molecule has 0 aliphatic rings. The highest BCUT2D eigenvalue weighted by molar-refractivity contribution is 4.99. The van der Waals surface area contributed by atoms with Crippen LogP contribution in [0.2, 0.25) is 0 Å². The molecule has 0 spiro atoms. The minimum Gasteiger partial charge on any atom is -0.385 e. The summed E-state index contributed by atoms with van der Waals surface area (Å²) in [7, 11) is 1.73. The maximum atomic E-state index is 5.05. The molecule has 1 heterocycles. The number of rotatable bonds is 7. The van der Waals surface area contributed by atoms with Crippen LogP contribution in [0.1, 0.15) is 32.0 Å². The Morgan fingerprint density at radius 2 is 2.40 bits per heavy atom. The molecule has 0 bridgehead atoms. The molecule has 0 saturated heterocycles. The Morgan fingerprint density at radius 1 is 1.60 bits per heavy atom. The van der Waals surface area contributed by atoms with Crippen molar-refractivity contribution < 1.29 is 4.74 Å². The van der Waals surface area contributed by atoms with Gasteiger partial charge in [-0.1, -0.05) is 6.92 Å². The van der Waals surface area contributed by atoms with Gasteiger partial charge in [0.05, 0.1) is 11.7 Å². The zero-order valence-electron chi connectivity index (χ0n) is 9.86. The normalized spacial score (nSPS) is 13.0. The largest absolute Gasteiger partial charge is 0.385 e. The molecule has 0 aliphatic heterocycles. The topological polar surface area (TPSA) is 39.1 Å². The third-order valence-corrected chi connectivity index (χ3v) is 2.41. The van der Waals surface area contributed by atoms with Crippen LogP contribution >= 0.6 is 0 Å². The summed E-state index contributed by atoms with van der Waals surface area (Å²) < 4.78 is 7.06. The van der Waals surface area contributed by atoms with Crippen molar-refractivity contribution in [1.29, 1.82) is 0 Å². The first-order valence-corrected chi connectivity index (χ1v) is 5.51. The number of ether oxygens (including phenoxy) is 1. The third-order valence-electron chi connectivity index (χ3n) is 2.41. The second kappa shape index (κ2) is 6.58. The summed E-state index contributed by atoms with van der Waals surface area (Å²) in [6, 6.07) is 2.46. The summed E-state index contributed by atoms with van der Waals surface area (Å²) >= 11 is 0. The number of aromatic nitrogens is 2. The Morgan fingerprint density at radius 3 is 3.07 bits per heavy atom. The highest BCUT2D eigenvalue weighted by Crippen LogP contribution is 2.09. The first-order chi connectivity index (χ1) is 7.27. The predicted octanol–water partition coefficient (Wildman–Crippen LogP) is 1.59. The SMILES string of the molecule is CCNCc1ccn(C(C)CCOC)n1. The first-order valence-electron chi connectivity index (χ1n) is 5.51. The van der Waals surface area contributed by atoms with Gasteiger partial charge in [0, 0.05) is 26.5 Å². The van der Waals surface area contributed by atoms with Crippen molar-refractivity contribution in [2.45, 2.75) is 32.9 Å². The van der Waals surface area contributed by atoms with Crippen LogP contribution in [0.5, 0.6) is 0 Å². The van der Waals surface area contributed by atoms with Crippen LogP contribution in [0.4, 0.5) is 0 Å². The molecular weight excluding hydrogens is 190 g/mol. The van der Waals surface area contributed by atoms with E-state index in [1.54, 1.807) is 7.11 Å². The minimum atomic E-state index is 0.403. The number of hydrogen-bond donors (Lipinski definition) is 1. The standard InChI is InChI=1S/C11H21N3O/c1-4-12-9-11-5-7-14(13-11)10(2)6-8-15-3/h5,7,10,12H,4,6,8-9H2,1-3H3. The van der Waals surface area contributed by atoms with Gasteiger partial charge in [0.2, 0.25) is 0 Å². The van der Waals surface area contributed by atoms with Crippen LogP contribution in [-0.2, 0) is 11.3 Å². The molecule has 1 aromatic heterocycles. The third kappa shape index (κ3) is 4.01. The van der Waals surface area contributed by atoms with E-state index in [1.807, 2.05) is 10.9 Å². The van der Waals surface area contributed by atoms with Crippen LogP contribution in [0, 0.1) is 0 Å². The van der Waals surface area contributed by atoms with Gasteiger partial charge in [0.1, 0.15) is 0 Å². The Labute approximate surface area is 91.6 Å². The van der Waals surface area contributed by atoms with Gasteiger partial charge in [-0.15, -0.1) is 0 Å². The van der Waals surface area contributed by atoms with Crippen LogP contribution in [-0.4, -0.2) is 30.0 Å². The zero-order valence-corrected chi connectivity index (χ0v) is 9.86. The lowest BCUT2D eigenvalue weighted by molar-refractivity contribution is 0.178. The van der Waals surface area contributed by atoms with Crippen molar-refractivity contribution >= 4 is 0 Å². The summed E-state index contributed by atoms with van der Waals surface area (Å²) in [6.45, 7) is 6.86. The first kappa shape index (κ1) is 12.2. The predicted molar refractivity (Wildman–Crippen MR) is 60.8 cm³/mol. The van der Waals surface area contributed by atoms with E-state index in [0.29, 0.717) is 6.04 Å². The molecule has 0 aliphatic carbocycles. The number of nitrogens with zero attached hydrogens (tertiary/aromatic N) is 2. The summed E-state index contributed by atoms with van der Waals surface area (Å²) in [6.07, 6.45) is 3.03. The summed E-state index contributed by atoms with van der Waals surface area (Å²) in [5, 5.41) is 7.76. The Balaban J connectivity index is 2.43. The van der Waals surface area contributed by atoms with Crippen LogP contribution in [0.15, 0.2) is 12.3 Å². The Kier molecular flexibility index (Phi) is 5.36. The second-order valence-corrected chi connectivity index (χ2v) is 3.70. The van der Waals surface area contributed by atoms with Gasteiger partial charge < -0.3 is 10.1 Å². The Bertz CT molecular complexity index is 273. The van der Waals surface area contributed by atoms with E-state index < -0.39 is 0 Å². The molecule has 0 radical (unpaired) electrons. The van der Waals surface area contributed by atoms with Gasteiger partial charge in [-0.2, -0.15) is 5.10 Å². The van der Waals surface area contributed by atoms with E-state index in [0.717, 1.165) is 31.8 Å². The summed E-state index contributed by atoms with van der Waals surface area (Å²) in [5.41, 5.74) is 1.10. The van der Waals surface area contributed by atoms with Crippen molar-refractivity contribution in [1.82, 2.24) is 15.1 Å². The van der Waals surface area contributed by atoms with Crippen molar-refractivity contribution in [2.24, 2.45) is 0 Å². The molecule has 4 nitrogen and oxygen atoms in total. The number of nitrogens with one attached hydrogen (secondary N) is 1. The number of hydrogen-bond acceptors (Lipinski definition) is 3. The fourth-order valence-electron chi connectivity index (χ4n) is 1.39. The van der Waals surface area contributed by atoms with Gasteiger partial charge in [0.15, 0.2) is 0 Å². The van der Waals surface area contributed by atoms with Gasteiger partial charge in [-0.3, -0.25) is 4.68 Å². The highest BCUT2D eigenvalue weighted by Gasteiger charge is 2.05. The molecule has 0 saturated carbocycles. The second-order valence-electron chi connectivity index (χ2n) is 3.70. The molecular formula is C11H21N3O. The van der Waals surface area contributed by atoms with E-state index in [1.165, 1.54) is 0 Å². The Hall–Kier alpha value is -0.870. The maximum Gasteiger partial charge on any atom is 0.0762 e. The summed E-state index contributed by atoms with van der Waals surface area (Å²) in [4.78, 5) is 0. The van der Waals surface area contributed by atoms with Crippen molar-refractivity contribution in [3.63, 3.8) is 0 Å².